The van der Waals surface area contributed by atoms with Crippen molar-refractivity contribution >= 4 is 39.1 Å². The highest BCUT2D eigenvalue weighted by molar-refractivity contribution is 7.98. The van der Waals surface area contributed by atoms with Gasteiger partial charge in [-0.05, 0) is 32.0 Å². The van der Waals surface area contributed by atoms with Crippen LogP contribution in [0.1, 0.15) is 16.3 Å². The number of hydrogen-bond acceptors (Lipinski definition) is 6. The van der Waals surface area contributed by atoms with Crippen LogP contribution in [0, 0.1) is 13.8 Å². The van der Waals surface area contributed by atoms with Crippen LogP contribution in [0.4, 0.5) is 5.82 Å². The van der Waals surface area contributed by atoms with E-state index in [1.807, 2.05) is 0 Å². The molecule has 0 fully saturated rings. The first-order valence-corrected chi connectivity index (χ1v) is 8.39. The maximum atomic E-state index is 5.58. The van der Waals surface area contributed by atoms with Gasteiger partial charge in [0.2, 0.25) is 0 Å². The van der Waals surface area contributed by atoms with Gasteiger partial charge in [0.15, 0.2) is 5.82 Å². The Labute approximate surface area is 131 Å². The summed E-state index contributed by atoms with van der Waals surface area (Å²) in [5, 5.41) is 0.990. The lowest BCUT2D eigenvalue weighted by molar-refractivity contribution is 1.06. The summed E-state index contributed by atoms with van der Waals surface area (Å²) in [6.07, 6.45) is 0. The Morgan fingerprint density at radius 3 is 2.86 bits per heavy atom. The van der Waals surface area contributed by atoms with Gasteiger partial charge in [-0.25, -0.2) is 15.8 Å². The van der Waals surface area contributed by atoms with Gasteiger partial charge in [0.05, 0.1) is 11.1 Å². The van der Waals surface area contributed by atoms with Crippen LogP contribution in [0.2, 0.25) is 0 Å². The molecule has 0 radical (unpaired) electrons. The fourth-order valence-corrected chi connectivity index (χ4v) is 3.88. The summed E-state index contributed by atoms with van der Waals surface area (Å²) >= 11 is 3.40. The highest BCUT2D eigenvalue weighted by atomic mass is 32.2. The number of aromatic nitrogens is 2. The zero-order valence-corrected chi connectivity index (χ0v) is 13.5. The number of nitrogens with zero attached hydrogens (tertiary/aromatic N) is 2. The first kappa shape index (κ1) is 14.3. The second kappa shape index (κ2) is 6.01. The first-order valence-electron chi connectivity index (χ1n) is 6.59. The van der Waals surface area contributed by atoms with Gasteiger partial charge in [0.25, 0.3) is 0 Å². The molecule has 0 saturated heterocycles. The summed E-state index contributed by atoms with van der Waals surface area (Å²) < 4.78 is 0. The maximum absolute atomic E-state index is 5.58. The van der Waals surface area contributed by atoms with Crippen molar-refractivity contribution in [3.8, 4) is 0 Å². The molecular weight excluding hydrogens is 300 g/mol. The summed E-state index contributed by atoms with van der Waals surface area (Å²) in [5.74, 6) is 7.80. The summed E-state index contributed by atoms with van der Waals surface area (Å²) in [6.45, 7) is 4.16. The molecule has 0 aliphatic rings. The normalized spacial score (nSPS) is 11.0. The van der Waals surface area contributed by atoms with Crippen molar-refractivity contribution in [3.05, 3.63) is 46.6 Å². The van der Waals surface area contributed by atoms with Gasteiger partial charge in [-0.3, -0.25) is 0 Å². The van der Waals surface area contributed by atoms with Crippen molar-refractivity contribution in [2.75, 3.05) is 5.43 Å². The van der Waals surface area contributed by atoms with Gasteiger partial charge in [-0.15, -0.1) is 23.1 Å². The zero-order chi connectivity index (χ0) is 14.8. The molecule has 2 aromatic heterocycles. The van der Waals surface area contributed by atoms with Crippen LogP contribution in [0.15, 0.2) is 35.2 Å². The minimum absolute atomic E-state index is 0.698. The minimum Gasteiger partial charge on any atom is -0.308 e. The Hall–Kier alpha value is -1.63. The number of nitrogens with two attached hydrogens (primary N) is 1. The monoisotopic (exact) mass is 316 g/mol. The van der Waals surface area contributed by atoms with Gasteiger partial charge in [-0.2, -0.15) is 0 Å². The Kier molecular flexibility index (Phi) is 4.10. The van der Waals surface area contributed by atoms with E-state index in [0.29, 0.717) is 5.82 Å². The van der Waals surface area contributed by atoms with Crippen molar-refractivity contribution < 1.29 is 0 Å². The summed E-state index contributed by atoms with van der Waals surface area (Å²) in [7, 11) is 0. The zero-order valence-electron chi connectivity index (χ0n) is 11.9. The molecular formula is C15H16N4S2. The standard InChI is InChI=1S/C15H16N4S2/c1-9-4-3-5-11(6-9)20-8-13-17-14(19-16)12-7-10(2)21-15(12)18-13/h3-7H,8,16H2,1-2H3,(H,17,18,19). The number of rotatable bonds is 4. The third-order valence-corrected chi connectivity index (χ3v) is 4.99. The second-order valence-electron chi connectivity index (χ2n) is 4.81. The summed E-state index contributed by atoms with van der Waals surface area (Å²) in [6, 6.07) is 10.5. The molecule has 6 heteroatoms. The van der Waals surface area contributed by atoms with E-state index >= 15 is 0 Å². The lowest BCUT2D eigenvalue weighted by Gasteiger charge is -2.05. The molecule has 3 rings (SSSR count). The van der Waals surface area contributed by atoms with Crippen LogP contribution in [0.25, 0.3) is 10.2 Å². The third kappa shape index (κ3) is 3.18. The van der Waals surface area contributed by atoms with Crippen LogP contribution < -0.4 is 11.3 Å². The SMILES string of the molecule is Cc1cccc(SCc2nc(NN)c3cc(C)sc3n2)c1. The fraction of sp³-hybridized carbons (Fsp3) is 0.200. The maximum Gasteiger partial charge on any atom is 0.152 e. The number of thiophene rings is 1. The van der Waals surface area contributed by atoms with Gasteiger partial charge in [-0.1, -0.05) is 17.7 Å². The molecule has 0 unspecified atom stereocenters. The quantitative estimate of drug-likeness (QED) is 0.434. The topological polar surface area (TPSA) is 63.8 Å². The molecule has 21 heavy (non-hydrogen) atoms. The van der Waals surface area contributed by atoms with E-state index in [9.17, 15) is 0 Å². The van der Waals surface area contributed by atoms with Crippen LogP contribution in [0.5, 0.6) is 0 Å². The number of benzene rings is 1. The molecule has 0 aliphatic heterocycles. The second-order valence-corrected chi connectivity index (χ2v) is 7.10. The van der Waals surface area contributed by atoms with Crippen molar-refractivity contribution in [1.29, 1.82) is 0 Å². The van der Waals surface area contributed by atoms with E-state index in [0.717, 1.165) is 21.8 Å². The minimum atomic E-state index is 0.698. The van der Waals surface area contributed by atoms with Crippen molar-refractivity contribution in [1.82, 2.24) is 9.97 Å². The van der Waals surface area contributed by atoms with Crippen LogP contribution >= 0.6 is 23.1 Å². The molecule has 0 saturated carbocycles. The summed E-state index contributed by atoms with van der Waals surface area (Å²) in [5.41, 5.74) is 3.94. The van der Waals surface area contributed by atoms with E-state index in [1.54, 1.807) is 23.1 Å². The number of nitrogen functional groups attached to an aromatic ring is 1. The van der Waals surface area contributed by atoms with E-state index in [2.05, 4.69) is 59.6 Å². The van der Waals surface area contributed by atoms with Crippen molar-refractivity contribution in [2.45, 2.75) is 24.5 Å². The van der Waals surface area contributed by atoms with Gasteiger partial charge in [0.1, 0.15) is 10.7 Å². The van der Waals surface area contributed by atoms with Crippen LogP contribution in [-0.2, 0) is 5.75 Å². The van der Waals surface area contributed by atoms with Crippen LogP contribution in [0.3, 0.4) is 0 Å². The molecule has 108 valence electrons. The van der Waals surface area contributed by atoms with Gasteiger partial charge < -0.3 is 5.43 Å². The Morgan fingerprint density at radius 2 is 2.10 bits per heavy atom. The Morgan fingerprint density at radius 1 is 1.24 bits per heavy atom. The van der Waals surface area contributed by atoms with Crippen LogP contribution in [-0.4, -0.2) is 9.97 Å². The predicted molar refractivity (Wildman–Crippen MR) is 90.7 cm³/mol. The van der Waals surface area contributed by atoms with E-state index in [-0.39, 0.29) is 0 Å². The molecule has 3 N–H and O–H groups in total. The molecule has 0 atom stereocenters. The predicted octanol–water partition coefficient (Wildman–Crippen LogP) is 3.89. The molecule has 0 bridgehead atoms. The first-order chi connectivity index (χ1) is 10.2. The largest absolute Gasteiger partial charge is 0.308 e. The summed E-state index contributed by atoms with van der Waals surface area (Å²) in [4.78, 5) is 12.6. The van der Waals surface area contributed by atoms with Gasteiger partial charge in [0, 0.05) is 9.77 Å². The molecule has 4 nitrogen and oxygen atoms in total. The average molecular weight is 316 g/mol. The molecule has 0 amide bonds. The highest BCUT2D eigenvalue weighted by Gasteiger charge is 2.10. The number of fused-ring (bicyclic) bond motifs is 1. The van der Waals surface area contributed by atoms with Crippen molar-refractivity contribution in [3.63, 3.8) is 0 Å². The molecule has 0 aliphatic carbocycles. The van der Waals surface area contributed by atoms with Gasteiger partial charge >= 0.3 is 0 Å². The van der Waals surface area contributed by atoms with E-state index in [4.69, 9.17) is 5.84 Å². The average Bonchev–Trinajstić information content (AvgIpc) is 2.84. The Balaban J connectivity index is 1.86. The fourth-order valence-electron chi connectivity index (χ4n) is 2.11. The lowest BCUT2D eigenvalue weighted by Crippen LogP contribution is -2.10. The number of anilines is 1. The number of nitrogens with one attached hydrogen (secondary N) is 1. The lowest BCUT2D eigenvalue weighted by atomic mass is 10.2. The number of hydrazine groups is 1. The van der Waals surface area contributed by atoms with E-state index < -0.39 is 0 Å². The van der Waals surface area contributed by atoms with Crippen molar-refractivity contribution in [2.24, 2.45) is 5.84 Å². The molecule has 1 aromatic carbocycles. The molecule has 0 spiro atoms. The molecule has 3 aromatic rings. The van der Waals surface area contributed by atoms with E-state index in [1.165, 1.54) is 15.3 Å². The molecule has 2 heterocycles. The number of hydrogen-bond donors (Lipinski definition) is 2. The highest BCUT2D eigenvalue weighted by Crippen LogP contribution is 2.30. The Bertz CT molecular complexity index is 782. The smallest absolute Gasteiger partial charge is 0.152 e. The number of aryl methyl sites for hydroxylation is 2. The number of thioether (sulfide) groups is 1. The third-order valence-electron chi connectivity index (χ3n) is 3.06.